The van der Waals surface area contributed by atoms with Gasteiger partial charge in [0.15, 0.2) is 5.13 Å². The molecule has 3 aromatic rings. The van der Waals surface area contributed by atoms with E-state index in [1.807, 2.05) is 32.3 Å². The van der Waals surface area contributed by atoms with Crippen molar-refractivity contribution in [3.63, 3.8) is 0 Å². The first-order valence-corrected chi connectivity index (χ1v) is 14.9. The number of carbonyl (C=O) groups is 1. The molecule has 2 atom stereocenters. The summed E-state index contributed by atoms with van der Waals surface area (Å²) in [5, 5.41) is 0.611. The van der Waals surface area contributed by atoms with Gasteiger partial charge in [-0.25, -0.2) is 13.4 Å². The number of nitrogens with zero attached hydrogens (tertiary/aromatic N) is 4. The lowest BCUT2D eigenvalue weighted by Gasteiger charge is -2.34. The number of methoxy groups -OCH3 is 1. The molecular formula is C27H36N4O4S2. The van der Waals surface area contributed by atoms with Gasteiger partial charge in [-0.05, 0) is 81.7 Å². The van der Waals surface area contributed by atoms with Crippen molar-refractivity contribution in [2.24, 2.45) is 11.8 Å². The number of amides is 1. The van der Waals surface area contributed by atoms with Crippen LogP contribution in [0.2, 0.25) is 0 Å². The smallest absolute Gasteiger partial charge is 0.260 e. The first-order valence-electron chi connectivity index (χ1n) is 12.6. The van der Waals surface area contributed by atoms with Gasteiger partial charge in [0.05, 0.1) is 22.2 Å². The number of sulfonamides is 1. The highest BCUT2D eigenvalue weighted by atomic mass is 32.2. The lowest BCUT2D eigenvalue weighted by atomic mass is 9.94. The van der Waals surface area contributed by atoms with Crippen molar-refractivity contribution >= 4 is 42.6 Å². The van der Waals surface area contributed by atoms with Gasteiger partial charge in [0.2, 0.25) is 10.0 Å². The molecule has 1 aliphatic heterocycles. The van der Waals surface area contributed by atoms with Gasteiger partial charge < -0.3 is 9.64 Å². The molecule has 2 aromatic carbocycles. The number of piperidine rings is 1. The standard InChI is InChI=1S/C27H36N4O4S2/c1-19-15-20(2)18-30(17-19)37(33,34)23-10-7-21(8-11-23)26(32)31(14-6-13-29(3)4)27-28-24-16-22(35-5)9-12-25(24)36-27/h7-12,16,19-20H,6,13-15,17-18H2,1-5H3. The molecule has 2 heterocycles. The molecule has 1 saturated heterocycles. The number of aromatic nitrogens is 1. The van der Waals surface area contributed by atoms with E-state index in [0.29, 0.717) is 47.9 Å². The summed E-state index contributed by atoms with van der Waals surface area (Å²) >= 11 is 1.46. The molecule has 1 aliphatic rings. The van der Waals surface area contributed by atoms with E-state index in [-0.39, 0.29) is 10.8 Å². The van der Waals surface area contributed by atoms with Crippen LogP contribution in [0.15, 0.2) is 47.4 Å². The molecule has 0 radical (unpaired) electrons. The second-order valence-electron chi connectivity index (χ2n) is 10.2. The van der Waals surface area contributed by atoms with Crippen LogP contribution < -0.4 is 9.64 Å². The molecule has 2 unspecified atom stereocenters. The maximum atomic E-state index is 13.7. The van der Waals surface area contributed by atoms with Crippen molar-refractivity contribution in [1.29, 1.82) is 0 Å². The van der Waals surface area contributed by atoms with Crippen LogP contribution in [0.25, 0.3) is 10.2 Å². The van der Waals surface area contributed by atoms with Crippen molar-refractivity contribution in [3.05, 3.63) is 48.0 Å². The second kappa shape index (κ2) is 11.5. The SMILES string of the molecule is COc1ccc2sc(N(CCCN(C)C)C(=O)c3ccc(S(=O)(=O)N4CC(C)CC(C)C4)cc3)nc2c1. The van der Waals surface area contributed by atoms with E-state index in [9.17, 15) is 13.2 Å². The fourth-order valence-corrected chi connectivity index (χ4v) is 7.49. The van der Waals surface area contributed by atoms with Gasteiger partial charge in [-0.15, -0.1) is 0 Å². The number of benzene rings is 2. The quantitative estimate of drug-likeness (QED) is 0.393. The summed E-state index contributed by atoms with van der Waals surface area (Å²) in [4.78, 5) is 22.4. The Kier molecular flexibility index (Phi) is 8.52. The number of rotatable bonds is 9. The minimum absolute atomic E-state index is 0.200. The average molecular weight is 545 g/mol. The number of anilines is 1. The molecule has 1 amide bonds. The highest BCUT2D eigenvalue weighted by molar-refractivity contribution is 7.89. The highest BCUT2D eigenvalue weighted by Gasteiger charge is 2.32. The Morgan fingerprint density at radius 1 is 1.08 bits per heavy atom. The van der Waals surface area contributed by atoms with Crippen molar-refractivity contribution in [1.82, 2.24) is 14.2 Å². The maximum Gasteiger partial charge on any atom is 0.260 e. The number of carbonyl (C=O) groups excluding carboxylic acids is 1. The van der Waals surface area contributed by atoms with Crippen LogP contribution in [0.3, 0.4) is 0 Å². The molecule has 1 aromatic heterocycles. The summed E-state index contributed by atoms with van der Waals surface area (Å²) in [5.74, 6) is 1.16. The van der Waals surface area contributed by atoms with E-state index >= 15 is 0 Å². The fourth-order valence-electron chi connectivity index (χ4n) is 4.84. The molecule has 8 nitrogen and oxygen atoms in total. The first kappa shape index (κ1) is 27.5. The van der Waals surface area contributed by atoms with Crippen LogP contribution in [0.5, 0.6) is 5.75 Å². The summed E-state index contributed by atoms with van der Waals surface area (Å²) in [6.45, 7) is 6.54. The third-order valence-corrected chi connectivity index (χ3v) is 9.53. The van der Waals surface area contributed by atoms with Gasteiger partial charge in [0.25, 0.3) is 5.91 Å². The molecule has 4 rings (SSSR count). The van der Waals surface area contributed by atoms with Gasteiger partial charge in [0.1, 0.15) is 5.75 Å². The van der Waals surface area contributed by atoms with Crippen LogP contribution in [0.1, 0.15) is 37.0 Å². The Morgan fingerprint density at radius 3 is 2.38 bits per heavy atom. The monoisotopic (exact) mass is 544 g/mol. The number of ether oxygens (including phenoxy) is 1. The second-order valence-corrected chi connectivity index (χ2v) is 13.2. The zero-order valence-electron chi connectivity index (χ0n) is 22.2. The molecule has 0 saturated carbocycles. The molecule has 0 aliphatic carbocycles. The topological polar surface area (TPSA) is 83.0 Å². The summed E-state index contributed by atoms with van der Waals surface area (Å²) in [6.07, 6.45) is 1.80. The van der Waals surface area contributed by atoms with Crippen molar-refractivity contribution < 1.29 is 17.9 Å². The van der Waals surface area contributed by atoms with E-state index in [4.69, 9.17) is 9.72 Å². The first-order chi connectivity index (χ1) is 17.6. The summed E-state index contributed by atoms with van der Waals surface area (Å²) < 4.78 is 34.4. The zero-order chi connectivity index (χ0) is 26.7. The van der Waals surface area contributed by atoms with Gasteiger partial charge in [-0.1, -0.05) is 25.2 Å². The number of hydrogen-bond donors (Lipinski definition) is 0. The Morgan fingerprint density at radius 2 is 1.76 bits per heavy atom. The van der Waals surface area contributed by atoms with Gasteiger partial charge in [-0.2, -0.15) is 4.31 Å². The van der Waals surface area contributed by atoms with Crippen molar-refractivity contribution in [3.8, 4) is 5.75 Å². The Balaban J connectivity index is 1.60. The third-order valence-electron chi connectivity index (χ3n) is 6.62. The normalized spacial score (nSPS) is 18.9. The van der Waals surface area contributed by atoms with Crippen LogP contribution >= 0.6 is 11.3 Å². The van der Waals surface area contributed by atoms with Crippen molar-refractivity contribution in [2.45, 2.75) is 31.6 Å². The Hall–Kier alpha value is -2.53. The number of fused-ring (bicyclic) bond motifs is 1. The predicted octanol–water partition coefficient (Wildman–Crippen LogP) is 4.57. The minimum atomic E-state index is -3.61. The zero-order valence-corrected chi connectivity index (χ0v) is 23.8. The minimum Gasteiger partial charge on any atom is -0.497 e. The van der Waals surface area contributed by atoms with Crippen LogP contribution in [0, 0.1) is 11.8 Å². The van der Waals surface area contributed by atoms with Gasteiger partial charge in [0, 0.05) is 31.3 Å². The number of hydrogen-bond acceptors (Lipinski definition) is 7. The van der Waals surface area contributed by atoms with Gasteiger partial charge >= 0.3 is 0 Å². The average Bonchev–Trinajstić information content (AvgIpc) is 3.28. The molecule has 1 fully saturated rings. The largest absolute Gasteiger partial charge is 0.497 e. The lowest BCUT2D eigenvalue weighted by molar-refractivity contribution is 0.0986. The van der Waals surface area contributed by atoms with Crippen LogP contribution in [-0.4, -0.2) is 75.9 Å². The summed E-state index contributed by atoms with van der Waals surface area (Å²) in [6, 6.07) is 12.0. The summed E-state index contributed by atoms with van der Waals surface area (Å²) in [7, 11) is 2.00. The molecular weight excluding hydrogens is 508 g/mol. The molecule has 0 N–H and O–H groups in total. The Labute approximate surface area is 223 Å². The van der Waals surface area contributed by atoms with E-state index in [2.05, 4.69) is 18.7 Å². The Bertz CT molecular complexity index is 1330. The molecule has 0 spiro atoms. The van der Waals surface area contributed by atoms with E-state index in [1.54, 1.807) is 40.6 Å². The third kappa shape index (κ3) is 6.31. The molecule has 10 heteroatoms. The molecule has 0 bridgehead atoms. The maximum absolute atomic E-state index is 13.7. The van der Waals surface area contributed by atoms with E-state index in [0.717, 1.165) is 29.6 Å². The fraction of sp³-hybridized carbons (Fsp3) is 0.481. The predicted molar refractivity (Wildman–Crippen MR) is 149 cm³/mol. The van der Waals surface area contributed by atoms with Crippen LogP contribution in [-0.2, 0) is 10.0 Å². The number of thiazole rings is 1. The lowest BCUT2D eigenvalue weighted by Crippen LogP contribution is -2.42. The molecule has 200 valence electrons. The molecule has 37 heavy (non-hydrogen) atoms. The summed E-state index contributed by atoms with van der Waals surface area (Å²) in [5.41, 5.74) is 1.21. The van der Waals surface area contributed by atoms with E-state index < -0.39 is 10.0 Å². The van der Waals surface area contributed by atoms with Crippen molar-refractivity contribution in [2.75, 3.05) is 52.3 Å². The van der Waals surface area contributed by atoms with Gasteiger partial charge in [-0.3, -0.25) is 9.69 Å². The van der Waals surface area contributed by atoms with E-state index in [1.165, 1.54) is 11.3 Å². The van der Waals surface area contributed by atoms with Crippen LogP contribution in [0.4, 0.5) is 5.13 Å². The highest BCUT2D eigenvalue weighted by Crippen LogP contribution is 2.32.